The molecule has 3 unspecified atom stereocenters. The maximum atomic E-state index is 12.7. The number of hydrogen-bond donors (Lipinski definition) is 12. The predicted octanol–water partition coefficient (Wildman–Crippen LogP) is -5.73. The molecule has 2 aliphatic heterocycles. The molecular formula is C26H50N6O10. The second-order valence-electron chi connectivity index (χ2n) is 11.7. The Hall–Kier alpha value is -1.51. The van der Waals surface area contributed by atoms with Gasteiger partial charge in [0.25, 0.3) is 0 Å². The third kappa shape index (κ3) is 8.35. The van der Waals surface area contributed by atoms with Crippen LogP contribution in [-0.2, 0) is 19.0 Å². The molecule has 3 aliphatic rings. The summed E-state index contributed by atoms with van der Waals surface area (Å²) in [6.45, 7) is 1.39. The number of ether oxygens (including phenoxy) is 3. The average Bonchev–Trinajstić information content (AvgIpc) is 2.93. The molecule has 0 aromatic carbocycles. The van der Waals surface area contributed by atoms with Crippen LogP contribution in [0.2, 0.25) is 0 Å². The molecule has 2 heterocycles. The van der Waals surface area contributed by atoms with Gasteiger partial charge in [-0.3, -0.25) is 4.79 Å². The maximum absolute atomic E-state index is 12.7. The van der Waals surface area contributed by atoms with Crippen molar-refractivity contribution in [1.29, 1.82) is 0 Å². The highest BCUT2D eigenvalue weighted by Crippen LogP contribution is 2.36. The van der Waals surface area contributed by atoms with Crippen LogP contribution in [0.15, 0.2) is 11.8 Å². The summed E-state index contributed by atoms with van der Waals surface area (Å²) in [5.74, 6) is -0.970. The van der Waals surface area contributed by atoms with E-state index in [0.29, 0.717) is 12.2 Å². The van der Waals surface area contributed by atoms with E-state index in [2.05, 4.69) is 16.0 Å². The van der Waals surface area contributed by atoms with E-state index in [1.165, 1.54) is 6.92 Å². The molecule has 16 nitrogen and oxygen atoms in total. The number of likely N-dealkylation sites (N-methyl/N-ethyl adjacent to an activating group) is 1. The fourth-order valence-electron chi connectivity index (χ4n) is 5.95. The number of aliphatic hydroxyl groups excluding tert-OH is 5. The van der Waals surface area contributed by atoms with Gasteiger partial charge in [0.05, 0.1) is 44.1 Å². The van der Waals surface area contributed by atoms with E-state index < -0.39 is 91.1 Å². The van der Waals surface area contributed by atoms with Crippen LogP contribution in [0, 0.1) is 5.92 Å². The van der Waals surface area contributed by atoms with Crippen LogP contribution in [0.1, 0.15) is 26.2 Å². The molecule has 15 N–H and O–H groups in total. The van der Waals surface area contributed by atoms with Gasteiger partial charge < -0.3 is 78.0 Å². The zero-order chi connectivity index (χ0) is 31.2. The summed E-state index contributed by atoms with van der Waals surface area (Å²) in [6.07, 6.45) is -5.90. The molecule has 0 radical (unpaired) electrons. The van der Waals surface area contributed by atoms with E-state index >= 15 is 0 Å². The Morgan fingerprint density at radius 1 is 1.24 bits per heavy atom. The molecule has 1 saturated carbocycles. The van der Waals surface area contributed by atoms with Crippen molar-refractivity contribution >= 4 is 5.91 Å². The molecule has 13 atom stereocenters. The highest BCUT2D eigenvalue weighted by Gasteiger charge is 2.53. The first-order valence-electron chi connectivity index (χ1n) is 14.4. The molecule has 42 heavy (non-hydrogen) atoms. The number of nitrogens with one attached hydrogen (secondary N) is 3. The van der Waals surface area contributed by atoms with Crippen molar-refractivity contribution in [3.8, 4) is 0 Å². The lowest BCUT2D eigenvalue weighted by Crippen LogP contribution is -2.69. The van der Waals surface area contributed by atoms with Gasteiger partial charge in [-0.05, 0) is 45.9 Å². The Kier molecular flexibility index (Phi) is 12.9. The first-order chi connectivity index (χ1) is 19.8. The summed E-state index contributed by atoms with van der Waals surface area (Å²) >= 11 is 0. The molecule has 0 aromatic rings. The van der Waals surface area contributed by atoms with Crippen molar-refractivity contribution < 1.29 is 49.6 Å². The molecule has 1 aliphatic carbocycles. The quantitative estimate of drug-likeness (QED) is 0.0930. The topological polar surface area (TPSA) is 280 Å². The highest BCUT2D eigenvalue weighted by molar-refractivity contribution is 5.80. The van der Waals surface area contributed by atoms with Gasteiger partial charge in [0.15, 0.2) is 6.29 Å². The monoisotopic (exact) mass is 606 g/mol. The predicted molar refractivity (Wildman–Crippen MR) is 149 cm³/mol. The normalized spacial score (nSPS) is 40.5. The van der Waals surface area contributed by atoms with Gasteiger partial charge in [0.1, 0.15) is 35.8 Å². The van der Waals surface area contributed by atoms with Crippen LogP contribution in [-0.4, -0.2) is 149 Å². The van der Waals surface area contributed by atoms with Gasteiger partial charge in [-0.1, -0.05) is 0 Å². The van der Waals surface area contributed by atoms with Crippen LogP contribution in [0.25, 0.3) is 0 Å². The van der Waals surface area contributed by atoms with Gasteiger partial charge in [0, 0.05) is 24.5 Å². The van der Waals surface area contributed by atoms with Crippen molar-refractivity contribution in [3.63, 3.8) is 0 Å². The minimum absolute atomic E-state index is 0.0218. The Bertz CT molecular complexity index is 900. The molecule has 1 amide bonds. The average molecular weight is 607 g/mol. The van der Waals surface area contributed by atoms with Crippen molar-refractivity contribution in [1.82, 2.24) is 16.0 Å². The van der Waals surface area contributed by atoms with E-state index in [1.807, 2.05) is 0 Å². The van der Waals surface area contributed by atoms with E-state index in [0.717, 1.165) is 0 Å². The Morgan fingerprint density at radius 3 is 2.60 bits per heavy atom. The van der Waals surface area contributed by atoms with Crippen molar-refractivity contribution in [2.45, 2.75) is 98.9 Å². The molecule has 3 rings (SSSR count). The van der Waals surface area contributed by atoms with Crippen LogP contribution in [0.3, 0.4) is 0 Å². The lowest BCUT2D eigenvalue weighted by atomic mass is 9.72. The number of aliphatic hydroxyl groups is 6. The molecule has 244 valence electrons. The Balaban J connectivity index is 1.82. The van der Waals surface area contributed by atoms with Crippen LogP contribution < -0.4 is 33.2 Å². The Labute approximate surface area is 245 Å². The van der Waals surface area contributed by atoms with Crippen LogP contribution >= 0.6 is 0 Å². The largest absolute Gasteiger partial charge is 0.492 e. The lowest BCUT2D eigenvalue weighted by molar-refractivity contribution is -0.297. The second kappa shape index (κ2) is 15.5. The van der Waals surface area contributed by atoms with Crippen molar-refractivity contribution in [2.24, 2.45) is 23.1 Å². The summed E-state index contributed by atoms with van der Waals surface area (Å²) in [5.41, 5.74) is 17.1. The number of rotatable bonds is 13. The van der Waals surface area contributed by atoms with Gasteiger partial charge in [0.2, 0.25) is 5.91 Å². The number of hydrogen-bond acceptors (Lipinski definition) is 15. The summed E-state index contributed by atoms with van der Waals surface area (Å²) < 4.78 is 18.0. The zero-order valence-electron chi connectivity index (χ0n) is 24.2. The number of nitrogens with two attached hydrogens (primary N) is 3. The third-order valence-corrected chi connectivity index (χ3v) is 8.25. The first-order valence-corrected chi connectivity index (χ1v) is 14.4. The smallest absolute Gasteiger partial charge is 0.249 e. The first kappa shape index (κ1) is 35.0. The number of amides is 1. The van der Waals surface area contributed by atoms with E-state index in [-0.39, 0.29) is 39.1 Å². The fraction of sp³-hybridized carbons (Fsp3) is 0.885. The zero-order valence-corrected chi connectivity index (χ0v) is 24.2. The minimum Gasteiger partial charge on any atom is -0.492 e. The number of carbonyl (C=O) groups is 1. The van der Waals surface area contributed by atoms with Crippen molar-refractivity contribution in [3.05, 3.63) is 11.8 Å². The highest BCUT2D eigenvalue weighted by atomic mass is 16.7. The van der Waals surface area contributed by atoms with Crippen LogP contribution in [0.4, 0.5) is 0 Å². The van der Waals surface area contributed by atoms with Crippen molar-refractivity contribution in [2.75, 3.05) is 39.9 Å². The SMILES string of the molecule is CNC1[C@@H](O)[C@@H](O[C@H]2[C@H](NC(=O)[C@@H](O)CCN)C[C@H](N)C([C@H]3OC(CNCC(O)CO)=CC[C@H]3N)[C@@H]2O)OC[C@]1(C)O. The summed E-state index contributed by atoms with van der Waals surface area (Å²) in [6, 6.07) is -2.98. The van der Waals surface area contributed by atoms with Gasteiger partial charge >= 0.3 is 0 Å². The minimum atomic E-state index is -1.41. The molecule has 16 heteroatoms. The standard InChI is InChI=1S/C26H50N6O10/c1-26(39)11-40-25(20(37)23(26)30-2)42-22-16(32-24(38)17(35)5-6-27)7-15(29)18(19(22)36)21-14(28)4-3-13(41-21)9-31-8-12(34)10-33/h3,12,14-23,25,30-31,33-37,39H,4-11,27-29H2,1-2H3,(H,32,38)/t12?,14-,15+,16-,17+,18?,19+,20-,21+,22+,23?,25-,26+/m1/s1. The molecule has 0 aromatic heterocycles. The molecule has 0 spiro atoms. The van der Waals surface area contributed by atoms with Crippen LogP contribution in [0.5, 0.6) is 0 Å². The summed E-state index contributed by atoms with van der Waals surface area (Å²) in [7, 11) is 1.57. The third-order valence-electron chi connectivity index (χ3n) is 8.25. The molecule has 0 bridgehead atoms. The Morgan fingerprint density at radius 2 is 1.95 bits per heavy atom. The van der Waals surface area contributed by atoms with E-state index in [9.17, 15) is 30.3 Å². The summed E-state index contributed by atoms with van der Waals surface area (Å²) in [4.78, 5) is 12.7. The number of carbonyl (C=O) groups excluding carboxylic acids is 1. The van der Waals surface area contributed by atoms with Gasteiger partial charge in [-0.25, -0.2) is 0 Å². The lowest BCUT2D eigenvalue weighted by Gasteiger charge is -2.50. The maximum Gasteiger partial charge on any atom is 0.249 e. The van der Waals surface area contributed by atoms with Gasteiger partial charge in [-0.15, -0.1) is 0 Å². The second-order valence-corrected chi connectivity index (χ2v) is 11.7. The van der Waals surface area contributed by atoms with E-state index in [1.54, 1.807) is 13.1 Å². The van der Waals surface area contributed by atoms with E-state index in [4.69, 9.17) is 36.5 Å². The molecular weight excluding hydrogens is 556 g/mol. The van der Waals surface area contributed by atoms with Gasteiger partial charge in [-0.2, -0.15) is 0 Å². The fourth-order valence-corrected chi connectivity index (χ4v) is 5.95. The molecule has 1 saturated heterocycles. The summed E-state index contributed by atoms with van der Waals surface area (Å²) in [5, 5.41) is 70.7. The molecule has 2 fully saturated rings.